The number of methoxy groups -OCH3 is 1. The highest BCUT2D eigenvalue weighted by Gasteiger charge is 2.22. The fourth-order valence-electron chi connectivity index (χ4n) is 1.86. The van der Waals surface area contributed by atoms with Crippen LogP contribution in [0, 0.1) is 5.82 Å². The van der Waals surface area contributed by atoms with Gasteiger partial charge in [0.1, 0.15) is 0 Å². The van der Waals surface area contributed by atoms with Crippen molar-refractivity contribution in [1.82, 2.24) is 10.6 Å². The molecule has 0 saturated carbocycles. The average Bonchev–Trinajstić information content (AvgIpc) is 2.45. The fourth-order valence-corrected chi connectivity index (χ4v) is 1.86. The molecular formula is C17H23FN2O5. The molecule has 0 aliphatic carbocycles. The molecule has 8 heteroatoms. The van der Waals surface area contributed by atoms with E-state index in [0.717, 1.165) is 6.07 Å². The van der Waals surface area contributed by atoms with Gasteiger partial charge in [-0.25, -0.2) is 9.18 Å². The molecule has 25 heavy (non-hydrogen) atoms. The topological polar surface area (TPSA) is 93.7 Å². The first-order chi connectivity index (χ1) is 11.5. The van der Waals surface area contributed by atoms with Gasteiger partial charge in [-0.05, 0) is 45.4 Å². The van der Waals surface area contributed by atoms with Gasteiger partial charge in [-0.3, -0.25) is 14.9 Å². The zero-order valence-electron chi connectivity index (χ0n) is 14.9. The van der Waals surface area contributed by atoms with Crippen LogP contribution in [0.5, 0.6) is 5.75 Å². The van der Waals surface area contributed by atoms with Gasteiger partial charge in [-0.15, -0.1) is 0 Å². The molecule has 0 unspecified atom stereocenters. The summed E-state index contributed by atoms with van der Waals surface area (Å²) >= 11 is 0. The number of hydrogen-bond donors (Lipinski definition) is 2. The second-order valence-electron chi connectivity index (χ2n) is 6.47. The number of hydrogen-bond acceptors (Lipinski definition) is 5. The summed E-state index contributed by atoms with van der Waals surface area (Å²) in [4.78, 5) is 35.3. The van der Waals surface area contributed by atoms with E-state index < -0.39 is 35.4 Å². The average molecular weight is 354 g/mol. The summed E-state index contributed by atoms with van der Waals surface area (Å²) < 4.78 is 23.3. The molecule has 1 atom stereocenters. The number of benzene rings is 1. The molecule has 1 rings (SSSR count). The molecule has 0 aromatic heterocycles. The van der Waals surface area contributed by atoms with Crippen LogP contribution in [0.3, 0.4) is 0 Å². The predicted octanol–water partition coefficient (Wildman–Crippen LogP) is 1.93. The van der Waals surface area contributed by atoms with Crippen molar-refractivity contribution in [2.75, 3.05) is 7.11 Å². The molecule has 0 heterocycles. The maximum absolute atomic E-state index is 13.6. The Morgan fingerprint density at radius 1 is 1.24 bits per heavy atom. The lowest BCUT2D eigenvalue weighted by Crippen LogP contribution is -2.50. The summed E-state index contributed by atoms with van der Waals surface area (Å²) in [6.45, 7) is 6.61. The van der Waals surface area contributed by atoms with E-state index >= 15 is 0 Å². The number of halogens is 1. The number of urea groups is 1. The minimum Gasteiger partial charge on any atom is -0.494 e. The SMILES string of the molecule is COc1ccc(CC(=O)O[C@H](C)C(=O)NC(=O)NC(C)(C)C)cc1F. The van der Waals surface area contributed by atoms with Crippen LogP contribution in [0.15, 0.2) is 18.2 Å². The van der Waals surface area contributed by atoms with Crippen LogP contribution >= 0.6 is 0 Å². The van der Waals surface area contributed by atoms with Crippen LogP contribution in [0.25, 0.3) is 0 Å². The molecule has 0 bridgehead atoms. The van der Waals surface area contributed by atoms with Gasteiger partial charge in [-0.1, -0.05) is 6.07 Å². The largest absolute Gasteiger partial charge is 0.494 e. The lowest BCUT2D eigenvalue weighted by molar-refractivity contribution is -0.153. The molecule has 0 aliphatic heterocycles. The molecule has 2 N–H and O–H groups in total. The summed E-state index contributed by atoms with van der Waals surface area (Å²) in [5, 5.41) is 4.64. The van der Waals surface area contributed by atoms with Crippen molar-refractivity contribution in [3.05, 3.63) is 29.6 Å². The van der Waals surface area contributed by atoms with Crippen LogP contribution in [0.4, 0.5) is 9.18 Å². The number of imide groups is 1. The van der Waals surface area contributed by atoms with Crippen molar-refractivity contribution >= 4 is 17.9 Å². The van der Waals surface area contributed by atoms with Crippen LogP contribution in [0.1, 0.15) is 33.3 Å². The lowest BCUT2D eigenvalue weighted by atomic mass is 10.1. The minimum atomic E-state index is -1.17. The van der Waals surface area contributed by atoms with E-state index in [1.165, 1.54) is 26.2 Å². The van der Waals surface area contributed by atoms with Crippen molar-refractivity contribution in [1.29, 1.82) is 0 Å². The van der Waals surface area contributed by atoms with Crippen molar-refractivity contribution < 1.29 is 28.2 Å². The van der Waals surface area contributed by atoms with Crippen LogP contribution in [0.2, 0.25) is 0 Å². The van der Waals surface area contributed by atoms with Gasteiger partial charge in [0.15, 0.2) is 17.7 Å². The van der Waals surface area contributed by atoms with Crippen LogP contribution < -0.4 is 15.4 Å². The lowest BCUT2D eigenvalue weighted by Gasteiger charge is -2.21. The quantitative estimate of drug-likeness (QED) is 0.788. The summed E-state index contributed by atoms with van der Waals surface area (Å²) in [6.07, 6.45) is -1.38. The smallest absolute Gasteiger partial charge is 0.321 e. The van der Waals surface area contributed by atoms with Crippen LogP contribution in [-0.2, 0) is 20.7 Å². The predicted molar refractivity (Wildman–Crippen MR) is 88.6 cm³/mol. The number of amides is 3. The number of carbonyl (C=O) groups excluding carboxylic acids is 3. The second kappa shape index (κ2) is 8.46. The highest BCUT2D eigenvalue weighted by Crippen LogP contribution is 2.18. The summed E-state index contributed by atoms with van der Waals surface area (Å²) in [7, 11) is 1.34. The standard InChI is InChI=1S/C17H23FN2O5/c1-10(15(22)19-16(23)20-17(2,3)4)25-14(21)9-11-6-7-13(24-5)12(18)8-11/h6-8,10H,9H2,1-5H3,(H2,19,20,22,23)/t10-/m1/s1. The molecule has 0 saturated heterocycles. The Morgan fingerprint density at radius 3 is 2.40 bits per heavy atom. The zero-order chi connectivity index (χ0) is 19.2. The van der Waals surface area contributed by atoms with E-state index in [1.807, 2.05) is 0 Å². The Labute approximate surface area is 145 Å². The molecule has 0 spiro atoms. The van der Waals surface area contributed by atoms with Crippen molar-refractivity contribution in [2.45, 2.75) is 45.8 Å². The summed E-state index contributed by atoms with van der Waals surface area (Å²) in [5.41, 5.74) is -0.135. The van der Waals surface area contributed by atoms with Gasteiger partial charge in [0, 0.05) is 5.54 Å². The Bertz CT molecular complexity index is 655. The van der Waals surface area contributed by atoms with E-state index in [2.05, 4.69) is 10.6 Å². The van der Waals surface area contributed by atoms with Gasteiger partial charge < -0.3 is 14.8 Å². The van der Waals surface area contributed by atoms with Gasteiger partial charge >= 0.3 is 12.0 Å². The Balaban J connectivity index is 2.54. The third-order valence-corrected chi connectivity index (χ3v) is 2.97. The molecule has 0 fully saturated rings. The Hall–Kier alpha value is -2.64. The second-order valence-corrected chi connectivity index (χ2v) is 6.47. The first kappa shape index (κ1) is 20.4. The Kier molecular flexibility index (Phi) is 6.90. The molecular weight excluding hydrogens is 331 g/mol. The van der Waals surface area contributed by atoms with E-state index in [9.17, 15) is 18.8 Å². The summed E-state index contributed by atoms with van der Waals surface area (Å²) in [5.74, 6) is -2.01. The monoisotopic (exact) mass is 354 g/mol. The highest BCUT2D eigenvalue weighted by atomic mass is 19.1. The Morgan fingerprint density at radius 2 is 1.88 bits per heavy atom. The highest BCUT2D eigenvalue weighted by molar-refractivity contribution is 5.97. The first-order valence-electron chi connectivity index (χ1n) is 7.66. The van der Waals surface area contributed by atoms with Gasteiger partial charge in [0.05, 0.1) is 13.5 Å². The fraction of sp³-hybridized carbons (Fsp3) is 0.471. The molecule has 0 radical (unpaired) electrons. The van der Waals surface area contributed by atoms with Crippen molar-refractivity contribution in [3.8, 4) is 5.75 Å². The zero-order valence-corrected chi connectivity index (χ0v) is 14.9. The van der Waals surface area contributed by atoms with E-state index in [0.29, 0.717) is 5.56 Å². The van der Waals surface area contributed by atoms with Crippen molar-refractivity contribution in [3.63, 3.8) is 0 Å². The van der Waals surface area contributed by atoms with Crippen molar-refractivity contribution in [2.24, 2.45) is 0 Å². The summed E-state index contributed by atoms with van der Waals surface area (Å²) in [6, 6.07) is 3.38. The van der Waals surface area contributed by atoms with E-state index in [-0.39, 0.29) is 12.2 Å². The van der Waals surface area contributed by atoms with Gasteiger partial charge in [0.2, 0.25) is 0 Å². The molecule has 0 aliphatic rings. The van der Waals surface area contributed by atoms with E-state index in [1.54, 1.807) is 20.8 Å². The number of ether oxygens (including phenoxy) is 2. The number of nitrogens with one attached hydrogen (secondary N) is 2. The normalized spacial score (nSPS) is 12.1. The van der Waals surface area contributed by atoms with E-state index in [4.69, 9.17) is 9.47 Å². The number of carbonyl (C=O) groups is 3. The molecule has 1 aromatic rings. The molecule has 3 amide bonds. The molecule has 7 nitrogen and oxygen atoms in total. The number of esters is 1. The first-order valence-corrected chi connectivity index (χ1v) is 7.66. The van der Waals surface area contributed by atoms with Crippen LogP contribution in [-0.4, -0.2) is 36.7 Å². The number of rotatable bonds is 5. The van der Waals surface area contributed by atoms with Gasteiger partial charge in [0.25, 0.3) is 5.91 Å². The third-order valence-electron chi connectivity index (χ3n) is 2.97. The van der Waals surface area contributed by atoms with Gasteiger partial charge in [-0.2, -0.15) is 0 Å². The maximum Gasteiger partial charge on any atom is 0.321 e. The minimum absolute atomic E-state index is 0.0646. The third kappa shape index (κ3) is 7.19. The molecule has 138 valence electrons. The molecule has 1 aromatic carbocycles. The maximum atomic E-state index is 13.6.